The van der Waals surface area contributed by atoms with Gasteiger partial charge in [0, 0.05) is 50.5 Å². The smallest absolute Gasteiger partial charge is 0.423 e. The van der Waals surface area contributed by atoms with Crippen LogP contribution in [0.3, 0.4) is 0 Å². The van der Waals surface area contributed by atoms with Crippen molar-refractivity contribution in [2.45, 2.75) is 46.8 Å². The Morgan fingerprint density at radius 3 is 1.12 bits per heavy atom. The molecular weight excluding hydrogens is 1090 g/mol. The van der Waals surface area contributed by atoms with Crippen LogP contribution in [0.1, 0.15) is 22.3 Å². The predicted octanol–water partition coefficient (Wildman–Crippen LogP) is 13.5. The van der Waals surface area contributed by atoms with Gasteiger partial charge in [0.2, 0.25) is 0 Å². The summed E-state index contributed by atoms with van der Waals surface area (Å²) in [5.41, 5.74) is 8.34. The molecule has 0 saturated carbocycles. The van der Waals surface area contributed by atoms with E-state index in [1.807, 2.05) is 54.6 Å². The fourth-order valence-electron chi connectivity index (χ4n) is 5.49. The lowest BCUT2D eigenvalue weighted by atomic mass is 9.81. The van der Waals surface area contributed by atoms with Gasteiger partial charge >= 0.3 is 26.2 Å². The quantitative estimate of drug-likeness (QED) is 0.0696. The third-order valence-corrected chi connectivity index (χ3v) is 10.5. The van der Waals surface area contributed by atoms with Crippen molar-refractivity contribution in [3.8, 4) is 50.8 Å². The van der Waals surface area contributed by atoms with Gasteiger partial charge in [0.1, 0.15) is 32.7 Å². The molecule has 7 rings (SSSR count). The SMILES string of the molecule is Cc1cc(-c2ccc(OC(F)(F)F)cc2)cnc1Cl.Cc1cc(-c2ncc(-c3ccc(OC(F)(F)F)cc3)cc2C)cnc1Cl.Cc1cc(B(O)O)cnc1Cl.FC(F)(F)Oc1ccc(I)cc1. The number of hydrogen-bond acceptors (Lipinski definition) is 9. The molecule has 0 unspecified atom stereocenters. The van der Waals surface area contributed by atoms with Gasteiger partial charge in [0.15, 0.2) is 0 Å². The van der Waals surface area contributed by atoms with Crippen molar-refractivity contribution in [2.24, 2.45) is 0 Å². The number of halogens is 13. The second kappa shape index (κ2) is 24.3. The van der Waals surface area contributed by atoms with E-state index in [0.29, 0.717) is 20.9 Å². The average molecular weight is 1130 g/mol. The first-order valence-electron chi connectivity index (χ1n) is 19.1. The minimum absolute atomic E-state index is 0.192. The average Bonchev–Trinajstić information content (AvgIpc) is 3.24. The first-order valence-corrected chi connectivity index (χ1v) is 21.3. The zero-order valence-electron chi connectivity index (χ0n) is 35.4. The zero-order valence-corrected chi connectivity index (χ0v) is 39.9. The van der Waals surface area contributed by atoms with E-state index in [9.17, 15) is 39.5 Å². The van der Waals surface area contributed by atoms with Crippen LogP contribution < -0.4 is 19.7 Å². The summed E-state index contributed by atoms with van der Waals surface area (Å²) in [6.45, 7) is 7.34. The van der Waals surface area contributed by atoms with Gasteiger partial charge in [-0.2, -0.15) is 0 Å². The lowest BCUT2D eigenvalue weighted by Crippen LogP contribution is -2.30. The van der Waals surface area contributed by atoms with Crippen molar-refractivity contribution < 1.29 is 63.8 Å². The minimum Gasteiger partial charge on any atom is -0.423 e. The number of alkyl halides is 9. The van der Waals surface area contributed by atoms with E-state index in [0.717, 1.165) is 59.3 Å². The highest BCUT2D eigenvalue weighted by molar-refractivity contribution is 14.1. The van der Waals surface area contributed by atoms with E-state index in [-0.39, 0.29) is 17.2 Å². The van der Waals surface area contributed by atoms with Gasteiger partial charge in [-0.15, -0.1) is 39.5 Å². The van der Waals surface area contributed by atoms with E-state index in [1.54, 1.807) is 62.8 Å². The molecule has 0 spiro atoms. The molecule has 0 aliphatic carbocycles. The Morgan fingerprint density at radius 1 is 0.441 bits per heavy atom. The van der Waals surface area contributed by atoms with E-state index in [1.165, 1.54) is 54.7 Å². The van der Waals surface area contributed by atoms with Crippen LogP contribution in [0.5, 0.6) is 17.2 Å². The molecule has 4 heterocycles. The number of ether oxygens (including phenoxy) is 3. The summed E-state index contributed by atoms with van der Waals surface area (Å²) in [7, 11) is -1.47. The van der Waals surface area contributed by atoms with Gasteiger partial charge < -0.3 is 24.3 Å². The Kier molecular flexibility index (Phi) is 19.7. The van der Waals surface area contributed by atoms with E-state index < -0.39 is 26.2 Å². The Hall–Kier alpha value is -5.39. The van der Waals surface area contributed by atoms with Gasteiger partial charge in [-0.05, 0) is 150 Å². The Morgan fingerprint density at radius 2 is 0.765 bits per heavy atom. The number of nitrogens with zero attached hydrogens (tertiary/aromatic N) is 4. The summed E-state index contributed by atoms with van der Waals surface area (Å²) in [6.07, 6.45) is -7.76. The van der Waals surface area contributed by atoms with Gasteiger partial charge in [-0.3, -0.25) is 4.98 Å². The molecule has 0 radical (unpaired) electrons. The lowest BCUT2D eigenvalue weighted by Gasteiger charge is -2.11. The van der Waals surface area contributed by atoms with Crippen LogP contribution in [0, 0.1) is 31.3 Å². The van der Waals surface area contributed by atoms with Crippen molar-refractivity contribution in [1.29, 1.82) is 0 Å². The number of aryl methyl sites for hydroxylation is 4. The molecular formula is C45H34BCl3F9IN4O5. The van der Waals surface area contributed by atoms with Gasteiger partial charge in [-0.1, -0.05) is 65.1 Å². The topological polar surface area (TPSA) is 120 Å². The zero-order chi connectivity index (χ0) is 50.6. The van der Waals surface area contributed by atoms with E-state index in [4.69, 9.17) is 44.9 Å². The summed E-state index contributed by atoms with van der Waals surface area (Å²) in [6, 6.07) is 24.1. The normalized spacial score (nSPS) is 11.2. The van der Waals surface area contributed by atoms with E-state index >= 15 is 0 Å². The van der Waals surface area contributed by atoms with Crippen LogP contribution in [-0.4, -0.2) is 56.2 Å². The van der Waals surface area contributed by atoms with Crippen LogP contribution >= 0.6 is 57.4 Å². The largest absolute Gasteiger partial charge is 0.573 e. The van der Waals surface area contributed by atoms with Crippen LogP contribution in [0.15, 0.2) is 122 Å². The summed E-state index contributed by atoms with van der Waals surface area (Å²) < 4.78 is 120. The molecule has 0 atom stereocenters. The first-order chi connectivity index (χ1) is 31.7. The molecule has 23 heteroatoms. The van der Waals surface area contributed by atoms with Crippen LogP contribution in [-0.2, 0) is 0 Å². The minimum atomic E-state index is -4.70. The van der Waals surface area contributed by atoms with Gasteiger partial charge in [0.25, 0.3) is 0 Å². The molecule has 3 aromatic carbocycles. The third-order valence-electron chi connectivity index (χ3n) is 8.60. The molecule has 0 amide bonds. The maximum atomic E-state index is 12.2. The highest BCUT2D eigenvalue weighted by Crippen LogP contribution is 2.31. The number of benzene rings is 3. The van der Waals surface area contributed by atoms with E-state index in [2.05, 4.69) is 34.1 Å². The maximum absolute atomic E-state index is 12.2. The molecule has 0 aliphatic rings. The van der Waals surface area contributed by atoms with Gasteiger partial charge in [-0.25, -0.2) is 15.0 Å². The molecule has 0 bridgehead atoms. The Bertz CT molecular complexity index is 2760. The van der Waals surface area contributed by atoms with Crippen LogP contribution in [0.4, 0.5) is 39.5 Å². The number of rotatable bonds is 7. The van der Waals surface area contributed by atoms with Gasteiger partial charge in [0.05, 0.1) is 5.69 Å². The van der Waals surface area contributed by atoms with Crippen LogP contribution in [0.25, 0.3) is 33.5 Å². The molecule has 2 N–H and O–H groups in total. The Balaban J connectivity index is 0.000000210. The molecule has 0 saturated heterocycles. The molecule has 7 aromatic rings. The Labute approximate surface area is 412 Å². The molecule has 358 valence electrons. The fraction of sp³-hybridized carbons (Fsp3) is 0.156. The second-order valence-electron chi connectivity index (χ2n) is 13.9. The van der Waals surface area contributed by atoms with Crippen molar-refractivity contribution in [2.75, 3.05) is 0 Å². The van der Waals surface area contributed by atoms with Crippen molar-refractivity contribution in [3.63, 3.8) is 0 Å². The van der Waals surface area contributed by atoms with Crippen molar-refractivity contribution in [3.05, 3.63) is 163 Å². The fourth-order valence-corrected chi connectivity index (χ4v) is 6.16. The molecule has 9 nitrogen and oxygen atoms in total. The first kappa shape index (κ1) is 55.2. The number of pyridine rings is 4. The molecule has 4 aromatic heterocycles. The summed E-state index contributed by atoms with van der Waals surface area (Å²) >= 11 is 19.4. The maximum Gasteiger partial charge on any atom is 0.573 e. The molecule has 0 fully saturated rings. The number of aromatic nitrogens is 4. The highest BCUT2D eigenvalue weighted by atomic mass is 127. The third kappa shape index (κ3) is 18.6. The highest BCUT2D eigenvalue weighted by Gasteiger charge is 2.32. The standard InChI is InChI=1S/C19H14ClF3N2O.C13H9ClF3NO.C7H4F3IO.C6H7BClNO2/c1-11-7-14(13-3-5-16(6-4-13)26-19(21,22)23)9-24-17(11)15-8-12(2)18(20)25-10-15;1-8-6-10(7-18-12(8)14)9-2-4-11(5-3-9)19-13(15,16)17;8-7(9,10)12-6-3-1-5(11)2-4-6;1-4-2-5(7(10)11)3-9-6(4)8/h3-10H,1-2H3;2-7H,1H3;1-4H;2-3,10-11H,1H3. The summed E-state index contributed by atoms with van der Waals surface area (Å²) in [4.78, 5) is 16.4. The van der Waals surface area contributed by atoms with Crippen molar-refractivity contribution in [1.82, 2.24) is 19.9 Å². The summed E-state index contributed by atoms with van der Waals surface area (Å²) in [5, 5.41) is 18.7. The second-order valence-corrected chi connectivity index (χ2v) is 16.3. The van der Waals surface area contributed by atoms with Crippen molar-refractivity contribution >= 4 is 70.0 Å². The van der Waals surface area contributed by atoms with Crippen LogP contribution in [0.2, 0.25) is 15.5 Å². The molecule has 68 heavy (non-hydrogen) atoms. The monoisotopic (exact) mass is 1120 g/mol. The predicted molar refractivity (Wildman–Crippen MR) is 250 cm³/mol. The number of hydrogen-bond donors (Lipinski definition) is 2. The molecule has 0 aliphatic heterocycles. The lowest BCUT2D eigenvalue weighted by molar-refractivity contribution is -0.275. The summed E-state index contributed by atoms with van der Waals surface area (Å²) in [5.74, 6) is -0.705.